The quantitative estimate of drug-likeness (QED) is 0.571. The summed E-state index contributed by atoms with van der Waals surface area (Å²) in [4.78, 5) is 31.6. The molecule has 3 aromatic heterocycles. The number of ether oxygens (including phenoxy) is 1. The van der Waals surface area contributed by atoms with E-state index in [2.05, 4.69) is 15.1 Å². The van der Waals surface area contributed by atoms with E-state index < -0.39 is 5.97 Å². The fraction of sp³-hybridized carbons (Fsp3) is 0.294. The van der Waals surface area contributed by atoms with Crippen LogP contribution < -0.4 is 0 Å². The summed E-state index contributed by atoms with van der Waals surface area (Å²) < 4.78 is 10.3. The monoisotopic (exact) mass is 327 g/mol. The van der Waals surface area contributed by atoms with Crippen LogP contribution in [0.15, 0.2) is 28.9 Å². The van der Waals surface area contributed by atoms with Gasteiger partial charge in [0.05, 0.1) is 22.3 Å². The first-order valence-electron chi connectivity index (χ1n) is 7.58. The lowest BCUT2D eigenvalue weighted by atomic mass is 10.0. The lowest BCUT2D eigenvalue weighted by molar-refractivity contribution is 0.0475. The molecular formula is C17H17N3O4. The molecule has 0 aromatic carbocycles. The van der Waals surface area contributed by atoms with Gasteiger partial charge in [-0.3, -0.25) is 4.79 Å². The molecule has 3 heterocycles. The Kier molecular flexibility index (Phi) is 4.16. The predicted octanol–water partition coefficient (Wildman–Crippen LogP) is 3.02. The Morgan fingerprint density at radius 3 is 2.83 bits per heavy atom. The smallest absolute Gasteiger partial charge is 0.339 e. The number of ketones is 1. The van der Waals surface area contributed by atoms with Crippen LogP contribution in [-0.2, 0) is 4.74 Å². The van der Waals surface area contributed by atoms with Crippen molar-refractivity contribution in [3.63, 3.8) is 0 Å². The molecule has 124 valence electrons. The maximum Gasteiger partial charge on any atom is 0.339 e. The molecule has 0 saturated carbocycles. The van der Waals surface area contributed by atoms with Gasteiger partial charge in [0.1, 0.15) is 0 Å². The van der Waals surface area contributed by atoms with E-state index in [9.17, 15) is 9.59 Å². The number of hydrogen-bond acceptors (Lipinski definition) is 6. The third-order valence-electron chi connectivity index (χ3n) is 3.68. The zero-order valence-corrected chi connectivity index (χ0v) is 13.6. The SMILES string of the molecule is Cc1noc2nc(C(C)C)cc(C(=O)OCC(=O)c3ccc[nH]3)c12. The third-order valence-corrected chi connectivity index (χ3v) is 3.68. The molecule has 7 heteroatoms. The number of H-pyrrole nitrogens is 1. The van der Waals surface area contributed by atoms with E-state index in [1.165, 1.54) is 0 Å². The topological polar surface area (TPSA) is 98.1 Å². The maximum atomic E-state index is 12.5. The summed E-state index contributed by atoms with van der Waals surface area (Å²) in [6.07, 6.45) is 1.64. The van der Waals surface area contributed by atoms with Gasteiger partial charge < -0.3 is 14.2 Å². The molecule has 0 spiro atoms. The van der Waals surface area contributed by atoms with Crippen LogP contribution in [0.4, 0.5) is 0 Å². The first-order valence-corrected chi connectivity index (χ1v) is 7.58. The number of esters is 1. The number of carbonyl (C=O) groups excluding carboxylic acids is 2. The molecule has 1 N–H and O–H groups in total. The van der Waals surface area contributed by atoms with Crippen molar-refractivity contribution < 1.29 is 18.8 Å². The van der Waals surface area contributed by atoms with Gasteiger partial charge in [0.25, 0.3) is 5.71 Å². The average Bonchev–Trinajstić information content (AvgIpc) is 3.21. The van der Waals surface area contributed by atoms with E-state index >= 15 is 0 Å². The van der Waals surface area contributed by atoms with Gasteiger partial charge in [-0.1, -0.05) is 19.0 Å². The summed E-state index contributed by atoms with van der Waals surface area (Å²) in [7, 11) is 0. The van der Waals surface area contributed by atoms with Crippen LogP contribution >= 0.6 is 0 Å². The molecule has 0 atom stereocenters. The van der Waals surface area contributed by atoms with Crippen molar-refractivity contribution in [1.82, 2.24) is 15.1 Å². The van der Waals surface area contributed by atoms with Crippen LogP contribution in [0, 0.1) is 6.92 Å². The molecule has 0 saturated heterocycles. The molecule has 0 bridgehead atoms. The van der Waals surface area contributed by atoms with Gasteiger partial charge in [0.2, 0.25) is 5.78 Å². The molecule has 3 aromatic rings. The van der Waals surface area contributed by atoms with Crippen molar-refractivity contribution in [2.75, 3.05) is 6.61 Å². The lowest BCUT2D eigenvalue weighted by Crippen LogP contribution is -2.15. The molecule has 0 radical (unpaired) electrons. The largest absolute Gasteiger partial charge is 0.454 e. The van der Waals surface area contributed by atoms with Gasteiger partial charge in [-0.2, -0.15) is 0 Å². The minimum absolute atomic E-state index is 0.104. The van der Waals surface area contributed by atoms with Crippen molar-refractivity contribution in [2.45, 2.75) is 26.7 Å². The Morgan fingerprint density at radius 1 is 1.38 bits per heavy atom. The van der Waals surface area contributed by atoms with Crippen LogP contribution in [0.25, 0.3) is 11.1 Å². The molecule has 0 fully saturated rings. The number of carbonyl (C=O) groups is 2. The van der Waals surface area contributed by atoms with Gasteiger partial charge in [0, 0.05) is 11.9 Å². The normalized spacial score (nSPS) is 11.2. The van der Waals surface area contributed by atoms with Crippen LogP contribution in [0.5, 0.6) is 0 Å². The summed E-state index contributed by atoms with van der Waals surface area (Å²) in [5.41, 5.74) is 2.24. The number of pyridine rings is 1. The van der Waals surface area contributed by atoms with Gasteiger partial charge in [-0.05, 0) is 31.0 Å². The van der Waals surface area contributed by atoms with Crippen molar-refractivity contribution in [2.24, 2.45) is 0 Å². The second-order valence-electron chi connectivity index (χ2n) is 5.78. The van der Waals surface area contributed by atoms with Gasteiger partial charge in [0.15, 0.2) is 6.61 Å². The number of hydrogen-bond donors (Lipinski definition) is 1. The first-order chi connectivity index (χ1) is 11.5. The Labute approximate surface area is 138 Å². The van der Waals surface area contributed by atoms with Gasteiger partial charge in [-0.25, -0.2) is 9.78 Å². The molecule has 24 heavy (non-hydrogen) atoms. The first kappa shape index (κ1) is 15.9. The van der Waals surface area contributed by atoms with Crippen molar-refractivity contribution in [1.29, 1.82) is 0 Å². The number of rotatable bonds is 5. The summed E-state index contributed by atoms with van der Waals surface area (Å²) in [6, 6.07) is 5.00. The third kappa shape index (κ3) is 2.92. The van der Waals surface area contributed by atoms with E-state index in [1.807, 2.05) is 13.8 Å². The zero-order valence-electron chi connectivity index (χ0n) is 13.6. The molecular weight excluding hydrogens is 310 g/mol. The number of nitrogens with one attached hydrogen (secondary N) is 1. The van der Waals surface area contributed by atoms with E-state index in [0.29, 0.717) is 33.7 Å². The fourth-order valence-corrected chi connectivity index (χ4v) is 2.36. The van der Waals surface area contributed by atoms with Crippen LogP contribution in [0.1, 0.15) is 52.0 Å². The highest BCUT2D eigenvalue weighted by Crippen LogP contribution is 2.25. The minimum atomic E-state index is -0.601. The average molecular weight is 327 g/mol. The highest BCUT2D eigenvalue weighted by atomic mass is 16.5. The molecule has 0 unspecified atom stereocenters. The number of aromatic nitrogens is 3. The van der Waals surface area contributed by atoms with Crippen molar-refractivity contribution in [3.05, 3.63) is 47.0 Å². The number of Topliss-reactive ketones (excluding diaryl/α,β-unsaturated/α-hetero) is 1. The minimum Gasteiger partial charge on any atom is -0.454 e. The summed E-state index contributed by atoms with van der Waals surface area (Å²) in [5.74, 6) is -0.799. The summed E-state index contributed by atoms with van der Waals surface area (Å²) in [5, 5.41) is 4.37. The second-order valence-corrected chi connectivity index (χ2v) is 5.78. The lowest BCUT2D eigenvalue weighted by Gasteiger charge is -2.08. The highest BCUT2D eigenvalue weighted by Gasteiger charge is 2.21. The van der Waals surface area contributed by atoms with Crippen LogP contribution in [0.3, 0.4) is 0 Å². The Bertz CT molecular complexity index is 894. The number of aromatic amines is 1. The van der Waals surface area contributed by atoms with Gasteiger partial charge >= 0.3 is 5.97 Å². The van der Waals surface area contributed by atoms with Gasteiger partial charge in [-0.15, -0.1) is 0 Å². The zero-order chi connectivity index (χ0) is 17.3. The molecule has 0 aliphatic heterocycles. The maximum absolute atomic E-state index is 12.5. The van der Waals surface area contributed by atoms with Crippen LogP contribution in [0.2, 0.25) is 0 Å². The molecule has 0 aliphatic rings. The Balaban J connectivity index is 1.88. The number of nitrogens with zero attached hydrogens (tertiary/aromatic N) is 2. The highest BCUT2D eigenvalue weighted by molar-refractivity contribution is 6.04. The molecule has 3 rings (SSSR count). The van der Waals surface area contributed by atoms with Crippen molar-refractivity contribution >= 4 is 22.9 Å². The summed E-state index contributed by atoms with van der Waals surface area (Å²) in [6.45, 7) is 5.30. The number of aryl methyl sites for hydroxylation is 1. The molecule has 0 amide bonds. The Hall–Kier alpha value is -2.96. The fourth-order valence-electron chi connectivity index (χ4n) is 2.36. The van der Waals surface area contributed by atoms with Crippen LogP contribution in [-0.4, -0.2) is 33.5 Å². The predicted molar refractivity (Wildman–Crippen MR) is 86.0 cm³/mol. The summed E-state index contributed by atoms with van der Waals surface area (Å²) >= 11 is 0. The van der Waals surface area contributed by atoms with E-state index in [4.69, 9.17) is 9.26 Å². The van der Waals surface area contributed by atoms with E-state index in [0.717, 1.165) is 0 Å². The standard InChI is InChI=1S/C17H17N3O4/c1-9(2)13-7-11(15-10(3)20-24-16(15)19-13)17(22)23-8-14(21)12-5-4-6-18-12/h4-7,9,18H,8H2,1-3H3. The molecule has 7 nitrogen and oxygen atoms in total. The molecule has 0 aliphatic carbocycles. The number of fused-ring (bicyclic) bond motifs is 1. The van der Waals surface area contributed by atoms with E-state index in [-0.39, 0.29) is 18.3 Å². The second kappa shape index (κ2) is 6.27. The van der Waals surface area contributed by atoms with Crippen molar-refractivity contribution in [3.8, 4) is 0 Å². The van der Waals surface area contributed by atoms with E-state index in [1.54, 1.807) is 31.3 Å². The Morgan fingerprint density at radius 2 is 2.17 bits per heavy atom.